The van der Waals surface area contributed by atoms with Crippen molar-refractivity contribution in [3.05, 3.63) is 58.9 Å². The van der Waals surface area contributed by atoms with E-state index in [-0.39, 0.29) is 24.0 Å². The van der Waals surface area contributed by atoms with Crippen molar-refractivity contribution in [3.63, 3.8) is 0 Å². The van der Waals surface area contributed by atoms with Gasteiger partial charge in [0.2, 0.25) is 23.2 Å². The Morgan fingerprint density at radius 3 is 2.67 bits per heavy atom. The molecule has 0 radical (unpaired) electrons. The number of ether oxygens (including phenoxy) is 1. The Hall–Kier alpha value is -2.71. The maximum Gasteiger partial charge on any atom is 0.247 e. The number of hydrogen-bond acceptors (Lipinski definition) is 6. The first-order valence-electron chi connectivity index (χ1n) is 9.43. The van der Waals surface area contributed by atoms with Gasteiger partial charge in [-0.2, -0.15) is 4.98 Å². The molecule has 0 bridgehead atoms. The summed E-state index contributed by atoms with van der Waals surface area (Å²) in [7, 11) is 0. The maximum absolute atomic E-state index is 13.5. The highest BCUT2D eigenvalue weighted by Gasteiger charge is 2.35. The van der Waals surface area contributed by atoms with Gasteiger partial charge in [0.25, 0.3) is 0 Å². The van der Waals surface area contributed by atoms with Crippen molar-refractivity contribution in [3.8, 4) is 17.1 Å². The monoisotopic (exact) mass is 444 g/mol. The van der Waals surface area contributed by atoms with Gasteiger partial charge in [-0.05, 0) is 36.1 Å². The number of halogens is 2. The molecule has 0 fully saturated rings. The van der Waals surface area contributed by atoms with Crippen molar-refractivity contribution in [2.45, 2.75) is 31.7 Å². The molecule has 1 atom stereocenters. The lowest BCUT2D eigenvalue weighted by Gasteiger charge is -2.30. The fourth-order valence-corrected chi connectivity index (χ4v) is 3.89. The average molecular weight is 445 g/mol. The topological polar surface area (TPSA) is 68.2 Å². The predicted molar refractivity (Wildman–Crippen MR) is 114 cm³/mol. The molecule has 0 saturated carbocycles. The van der Waals surface area contributed by atoms with E-state index in [1.54, 1.807) is 37.3 Å². The zero-order chi connectivity index (χ0) is 21.3. The Kier molecular flexibility index (Phi) is 5.87. The molecular weight excluding hydrogens is 427 g/mol. The molecule has 0 N–H and O–H groups in total. The molecule has 0 spiro atoms. The van der Waals surface area contributed by atoms with Crippen LogP contribution >= 0.6 is 23.4 Å². The van der Waals surface area contributed by atoms with E-state index in [4.69, 9.17) is 16.3 Å². The zero-order valence-electron chi connectivity index (χ0n) is 16.3. The number of fused-ring (bicyclic) bond motifs is 3. The molecule has 9 heteroatoms. The predicted octanol–water partition coefficient (Wildman–Crippen LogP) is 5.28. The number of rotatable bonds is 4. The molecule has 6 nitrogen and oxygen atoms in total. The van der Waals surface area contributed by atoms with E-state index in [0.717, 1.165) is 5.75 Å². The second kappa shape index (κ2) is 8.57. The minimum absolute atomic E-state index is 0.170. The summed E-state index contributed by atoms with van der Waals surface area (Å²) in [5.41, 5.74) is 2.17. The number of nitrogens with zero attached hydrogens (tertiary/aromatic N) is 4. The van der Waals surface area contributed by atoms with Crippen molar-refractivity contribution < 1.29 is 13.9 Å². The number of amides is 1. The molecule has 0 unspecified atom stereocenters. The smallest absolute Gasteiger partial charge is 0.247 e. The van der Waals surface area contributed by atoms with Gasteiger partial charge in [-0.25, -0.2) is 4.39 Å². The van der Waals surface area contributed by atoms with Crippen LogP contribution in [0.25, 0.3) is 11.3 Å². The van der Waals surface area contributed by atoms with Gasteiger partial charge in [-0.1, -0.05) is 49.3 Å². The Morgan fingerprint density at radius 1 is 1.20 bits per heavy atom. The lowest BCUT2D eigenvalue weighted by atomic mass is 10.1. The van der Waals surface area contributed by atoms with E-state index < -0.39 is 6.23 Å². The van der Waals surface area contributed by atoms with E-state index in [0.29, 0.717) is 32.7 Å². The van der Waals surface area contributed by atoms with Crippen molar-refractivity contribution in [1.82, 2.24) is 15.2 Å². The van der Waals surface area contributed by atoms with Crippen LogP contribution in [-0.4, -0.2) is 26.8 Å². The van der Waals surface area contributed by atoms with Gasteiger partial charge in [0.05, 0.1) is 5.69 Å². The largest absolute Gasteiger partial charge is 0.447 e. The zero-order valence-corrected chi connectivity index (χ0v) is 17.9. The summed E-state index contributed by atoms with van der Waals surface area (Å²) in [5.74, 6) is 0.464. The van der Waals surface area contributed by atoms with E-state index in [1.807, 2.05) is 6.92 Å². The van der Waals surface area contributed by atoms with Gasteiger partial charge in [-0.3, -0.25) is 9.69 Å². The Morgan fingerprint density at radius 2 is 1.97 bits per heavy atom. The molecule has 1 aliphatic rings. The molecule has 154 valence electrons. The molecule has 30 heavy (non-hydrogen) atoms. The van der Waals surface area contributed by atoms with Crippen LogP contribution in [0.1, 0.15) is 32.1 Å². The van der Waals surface area contributed by atoms with E-state index in [9.17, 15) is 9.18 Å². The number of anilines is 1. The normalized spacial score (nSPS) is 15.1. The number of hydrogen-bond donors (Lipinski definition) is 0. The highest BCUT2D eigenvalue weighted by molar-refractivity contribution is 7.99. The molecule has 1 amide bonds. The van der Waals surface area contributed by atoms with Gasteiger partial charge >= 0.3 is 0 Å². The van der Waals surface area contributed by atoms with Crippen LogP contribution in [0.4, 0.5) is 10.1 Å². The van der Waals surface area contributed by atoms with Gasteiger partial charge in [0.1, 0.15) is 5.82 Å². The number of aromatic nitrogens is 3. The van der Waals surface area contributed by atoms with Crippen LogP contribution in [0.5, 0.6) is 5.88 Å². The molecular formula is C21H18ClFN4O2S. The summed E-state index contributed by atoms with van der Waals surface area (Å²) in [4.78, 5) is 19.1. The van der Waals surface area contributed by atoms with Crippen molar-refractivity contribution in [1.29, 1.82) is 0 Å². The summed E-state index contributed by atoms with van der Waals surface area (Å²) in [5, 5.41) is 9.45. The number of benzene rings is 2. The molecule has 0 saturated heterocycles. The Bertz CT molecular complexity index is 1100. The van der Waals surface area contributed by atoms with Gasteiger partial charge in [0, 0.05) is 22.6 Å². The highest BCUT2D eigenvalue weighted by Crippen LogP contribution is 2.44. The third-order valence-electron chi connectivity index (χ3n) is 4.57. The van der Waals surface area contributed by atoms with E-state index >= 15 is 0 Å². The third kappa shape index (κ3) is 3.85. The Balaban J connectivity index is 1.96. The number of thioether (sulfide) groups is 1. The minimum atomic E-state index is -0.851. The van der Waals surface area contributed by atoms with Crippen LogP contribution in [0.15, 0.2) is 47.6 Å². The van der Waals surface area contributed by atoms with Crippen LogP contribution < -0.4 is 9.64 Å². The van der Waals surface area contributed by atoms with Crippen LogP contribution in [0, 0.1) is 5.82 Å². The van der Waals surface area contributed by atoms with Crippen LogP contribution in [-0.2, 0) is 4.79 Å². The van der Waals surface area contributed by atoms with Crippen LogP contribution in [0.3, 0.4) is 0 Å². The molecule has 3 aromatic rings. The van der Waals surface area contributed by atoms with Gasteiger partial charge in [-0.15, -0.1) is 10.2 Å². The first-order chi connectivity index (χ1) is 14.5. The summed E-state index contributed by atoms with van der Waals surface area (Å²) < 4.78 is 19.8. The lowest BCUT2D eigenvalue weighted by molar-refractivity contribution is -0.120. The fourth-order valence-electron chi connectivity index (χ4n) is 3.21. The SMILES string of the molecule is CCSc1nnc2c(n1)O[C@H](c1ccc(F)cc1)N(C(=O)CC)c1ccc(Cl)cc1-2. The lowest BCUT2D eigenvalue weighted by Crippen LogP contribution is -2.37. The minimum Gasteiger partial charge on any atom is -0.447 e. The van der Waals surface area contributed by atoms with Crippen molar-refractivity contribution in [2.75, 3.05) is 10.7 Å². The molecule has 2 heterocycles. The third-order valence-corrected chi connectivity index (χ3v) is 5.52. The van der Waals surface area contributed by atoms with Crippen molar-refractivity contribution >= 4 is 35.0 Å². The Labute approximate surface area is 182 Å². The standard InChI is InChI=1S/C21H18ClFN4O2S/c1-3-17(28)27-16-10-7-13(22)11-15(16)18-19(24-21(26-25-18)30-4-2)29-20(27)12-5-8-14(23)9-6-12/h5-11,20H,3-4H2,1-2H3/t20-/m1/s1. The van der Waals surface area contributed by atoms with Crippen LogP contribution in [0.2, 0.25) is 5.02 Å². The molecule has 0 aliphatic carbocycles. The molecule has 1 aliphatic heterocycles. The fraction of sp³-hybridized carbons (Fsp3) is 0.238. The summed E-state index contributed by atoms with van der Waals surface area (Å²) in [6.45, 7) is 3.75. The summed E-state index contributed by atoms with van der Waals surface area (Å²) in [6, 6.07) is 11.0. The molecule has 1 aromatic heterocycles. The maximum atomic E-state index is 13.5. The first-order valence-corrected chi connectivity index (χ1v) is 10.8. The van der Waals surface area contributed by atoms with E-state index in [1.165, 1.54) is 28.8 Å². The summed E-state index contributed by atoms with van der Waals surface area (Å²) in [6.07, 6.45) is -0.606. The van der Waals surface area contributed by atoms with Crippen molar-refractivity contribution in [2.24, 2.45) is 0 Å². The second-order valence-corrected chi connectivity index (χ2v) is 8.15. The number of carbonyl (C=O) groups excluding carboxylic acids is 1. The molecule has 4 rings (SSSR count). The first kappa shape index (κ1) is 20.6. The average Bonchev–Trinajstić information content (AvgIpc) is 2.88. The number of carbonyl (C=O) groups is 1. The second-order valence-electron chi connectivity index (χ2n) is 6.48. The highest BCUT2D eigenvalue weighted by atomic mass is 35.5. The van der Waals surface area contributed by atoms with Gasteiger partial charge < -0.3 is 4.74 Å². The summed E-state index contributed by atoms with van der Waals surface area (Å²) >= 11 is 7.68. The van der Waals surface area contributed by atoms with Gasteiger partial charge in [0.15, 0.2) is 5.69 Å². The quantitative estimate of drug-likeness (QED) is 0.510. The molecule has 2 aromatic carbocycles. The van der Waals surface area contributed by atoms with E-state index in [2.05, 4.69) is 15.2 Å².